The van der Waals surface area contributed by atoms with E-state index >= 15 is 0 Å². The van der Waals surface area contributed by atoms with Crippen LogP contribution in [0.25, 0.3) is 0 Å². The molecule has 0 spiro atoms. The van der Waals surface area contributed by atoms with Crippen molar-refractivity contribution in [3.8, 4) is 0 Å². The highest BCUT2D eigenvalue weighted by Crippen LogP contribution is 2.21. The molecule has 1 unspecified atom stereocenters. The minimum atomic E-state index is -0.286. The molecular weight excluding hydrogens is 232 g/mol. The summed E-state index contributed by atoms with van der Waals surface area (Å²) in [6, 6.07) is 1.47. The molecule has 1 aliphatic rings. The monoisotopic (exact) mass is 250 g/mol. The molecule has 2 rings (SSSR count). The summed E-state index contributed by atoms with van der Waals surface area (Å²) in [5, 5.41) is 0. The Morgan fingerprint density at radius 3 is 2.89 bits per heavy atom. The molecule has 0 radical (unpaired) electrons. The Bertz CT molecular complexity index is 509. The normalized spacial score (nSPS) is 19.5. The minimum absolute atomic E-state index is 0.145. The van der Waals surface area contributed by atoms with Gasteiger partial charge < -0.3 is 15.6 Å². The van der Waals surface area contributed by atoms with E-state index in [4.69, 9.17) is 5.73 Å². The van der Waals surface area contributed by atoms with E-state index in [-0.39, 0.29) is 23.3 Å². The molecule has 6 nitrogen and oxygen atoms in total. The maximum Gasteiger partial charge on any atom is 0.252 e. The summed E-state index contributed by atoms with van der Waals surface area (Å²) in [6.07, 6.45) is 0.723. The SMILES string of the molecule is CC(C)c1nc(N2CCC(C(N)=O)C2)cc(=O)[nH]1. The number of aromatic amines is 1. The molecular formula is C12H18N4O2. The van der Waals surface area contributed by atoms with Crippen molar-refractivity contribution in [2.24, 2.45) is 11.7 Å². The Balaban J connectivity index is 2.24. The van der Waals surface area contributed by atoms with Crippen molar-refractivity contribution in [3.63, 3.8) is 0 Å². The number of carbonyl (C=O) groups excluding carboxylic acids is 1. The number of carbonyl (C=O) groups is 1. The molecule has 1 amide bonds. The van der Waals surface area contributed by atoms with Crippen LogP contribution in [0, 0.1) is 5.92 Å². The highest BCUT2D eigenvalue weighted by Gasteiger charge is 2.27. The fourth-order valence-corrected chi connectivity index (χ4v) is 2.10. The number of nitrogens with zero attached hydrogens (tertiary/aromatic N) is 2. The molecule has 2 heterocycles. The molecule has 1 fully saturated rings. The molecule has 1 aromatic heterocycles. The standard InChI is InChI=1S/C12H18N4O2/c1-7(2)12-14-9(5-10(17)15-12)16-4-3-8(6-16)11(13)18/h5,7-8H,3-4,6H2,1-2H3,(H2,13,18)(H,14,15,17). The van der Waals surface area contributed by atoms with Gasteiger partial charge in [0.15, 0.2) is 0 Å². The van der Waals surface area contributed by atoms with Gasteiger partial charge in [0, 0.05) is 25.1 Å². The van der Waals surface area contributed by atoms with E-state index < -0.39 is 0 Å². The van der Waals surface area contributed by atoms with Gasteiger partial charge in [0.25, 0.3) is 5.56 Å². The molecule has 0 aromatic carbocycles. The van der Waals surface area contributed by atoms with Crippen LogP contribution in [0.3, 0.4) is 0 Å². The number of aromatic nitrogens is 2. The van der Waals surface area contributed by atoms with Crippen LogP contribution >= 0.6 is 0 Å². The zero-order valence-corrected chi connectivity index (χ0v) is 10.6. The molecule has 1 aromatic rings. The average Bonchev–Trinajstić information content (AvgIpc) is 2.77. The molecule has 1 aliphatic heterocycles. The van der Waals surface area contributed by atoms with Crippen molar-refractivity contribution in [1.29, 1.82) is 0 Å². The fourth-order valence-electron chi connectivity index (χ4n) is 2.10. The summed E-state index contributed by atoms with van der Waals surface area (Å²) in [7, 11) is 0. The highest BCUT2D eigenvalue weighted by atomic mass is 16.1. The number of hydrogen-bond donors (Lipinski definition) is 2. The zero-order chi connectivity index (χ0) is 13.3. The Morgan fingerprint density at radius 1 is 1.61 bits per heavy atom. The van der Waals surface area contributed by atoms with Crippen molar-refractivity contribution < 1.29 is 4.79 Å². The summed E-state index contributed by atoms with van der Waals surface area (Å²) < 4.78 is 0. The maximum atomic E-state index is 11.6. The lowest BCUT2D eigenvalue weighted by atomic mass is 10.1. The summed E-state index contributed by atoms with van der Waals surface area (Å²) in [5.74, 6) is 1.03. The third-order valence-corrected chi connectivity index (χ3v) is 3.21. The molecule has 18 heavy (non-hydrogen) atoms. The second kappa shape index (κ2) is 4.80. The second-order valence-corrected chi connectivity index (χ2v) is 4.98. The number of amides is 1. The van der Waals surface area contributed by atoms with E-state index in [1.807, 2.05) is 18.7 Å². The molecule has 0 aliphatic carbocycles. The predicted molar refractivity (Wildman–Crippen MR) is 68.5 cm³/mol. The average molecular weight is 250 g/mol. The van der Waals surface area contributed by atoms with Crippen LogP contribution in [0.2, 0.25) is 0 Å². The fraction of sp³-hybridized carbons (Fsp3) is 0.583. The number of hydrogen-bond acceptors (Lipinski definition) is 4. The number of nitrogens with two attached hydrogens (primary N) is 1. The molecule has 0 bridgehead atoms. The van der Waals surface area contributed by atoms with E-state index in [9.17, 15) is 9.59 Å². The minimum Gasteiger partial charge on any atom is -0.369 e. The van der Waals surface area contributed by atoms with Crippen molar-refractivity contribution in [3.05, 3.63) is 22.2 Å². The molecule has 0 saturated carbocycles. The maximum absolute atomic E-state index is 11.6. The van der Waals surface area contributed by atoms with Crippen LogP contribution in [0.15, 0.2) is 10.9 Å². The van der Waals surface area contributed by atoms with E-state index in [0.29, 0.717) is 24.7 Å². The topological polar surface area (TPSA) is 92.1 Å². The van der Waals surface area contributed by atoms with E-state index in [1.165, 1.54) is 6.07 Å². The van der Waals surface area contributed by atoms with Gasteiger partial charge in [-0.2, -0.15) is 0 Å². The van der Waals surface area contributed by atoms with Gasteiger partial charge in [-0.1, -0.05) is 13.8 Å². The number of anilines is 1. The summed E-state index contributed by atoms with van der Waals surface area (Å²) in [5.41, 5.74) is 5.13. The third-order valence-electron chi connectivity index (χ3n) is 3.21. The van der Waals surface area contributed by atoms with Crippen molar-refractivity contribution in [2.75, 3.05) is 18.0 Å². The van der Waals surface area contributed by atoms with Crippen LogP contribution in [0.1, 0.15) is 32.0 Å². The van der Waals surface area contributed by atoms with Crippen molar-refractivity contribution in [2.45, 2.75) is 26.2 Å². The van der Waals surface area contributed by atoms with Gasteiger partial charge in [0.05, 0.1) is 5.92 Å². The van der Waals surface area contributed by atoms with E-state index in [2.05, 4.69) is 9.97 Å². The first kappa shape index (κ1) is 12.6. The Morgan fingerprint density at radius 2 is 2.33 bits per heavy atom. The Labute approximate surface area is 105 Å². The number of rotatable bonds is 3. The Hall–Kier alpha value is -1.85. The molecule has 98 valence electrons. The van der Waals surface area contributed by atoms with Crippen LogP contribution in [-0.4, -0.2) is 29.0 Å². The van der Waals surface area contributed by atoms with Crippen LogP contribution < -0.4 is 16.2 Å². The third kappa shape index (κ3) is 2.52. The van der Waals surface area contributed by atoms with Gasteiger partial charge in [0.1, 0.15) is 11.6 Å². The highest BCUT2D eigenvalue weighted by molar-refractivity contribution is 5.78. The first-order chi connectivity index (χ1) is 8.47. The molecule has 3 N–H and O–H groups in total. The number of primary amides is 1. The lowest BCUT2D eigenvalue weighted by Crippen LogP contribution is -2.28. The molecule has 1 atom stereocenters. The van der Waals surface area contributed by atoms with Gasteiger partial charge in [-0.3, -0.25) is 9.59 Å². The lowest BCUT2D eigenvalue weighted by molar-refractivity contribution is -0.121. The Kier molecular flexibility index (Phi) is 3.36. The number of H-pyrrole nitrogens is 1. The second-order valence-electron chi connectivity index (χ2n) is 4.98. The quantitative estimate of drug-likeness (QED) is 0.801. The van der Waals surface area contributed by atoms with Crippen molar-refractivity contribution in [1.82, 2.24) is 9.97 Å². The summed E-state index contributed by atoms with van der Waals surface area (Å²) in [4.78, 5) is 31.8. The van der Waals surface area contributed by atoms with Gasteiger partial charge >= 0.3 is 0 Å². The zero-order valence-electron chi connectivity index (χ0n) is 10.6. The first-order valence-electron chi connectivity index (χ1n) is 6.13. The molecule has 6 heteroatoms. The van der Waals surface area contributed by atoms with Crippen LogP contribution in [0.4, 0.5) is 5.82 Å². The predicted octanol–water partition coefficient (Wildman–Crippen LogP) is 0.205. The van der Waals surface area contributed by atoms with Gasteiger partial charge in [-0.05, 0) is 6.42 Å². The summed E-state index contributed by atoms with van der Waals surface area (Å²) >= 11 is 0. The first-order valence-corrected chi connectivity index (χ1v) is 6.13. The lowest BCUT2D eigenvalue weighted by Gasteiger charge is -2.18. The number of nitrogens with one attached hydrogen (secondary N) is 1. The van der Waals surface area contributed by atoms with Crippen molar-refractivity contribution >= 4 is 11.7 Å². The summed E-state index contributed by atoms with van der Waals surface area (Å²) in [6.45, 7) is 5.20. The van der Waals surface area contributed by atoms with Gasteiger partial charge in [0.2, 0.25) is 5.91 Å². The molecule has 1 saturated heterocycles. The van der Waals surface area contributed by atoms with Gasteiger partial charge in [-0.15, -0.1) is 0 Å². The largest absolute Gasteiger partial charge is 0.369 e. The smallest absolute Gasteiger partial charge is 0.252 e. The van der Waals surface area contributed by atoms with Crippen LogP contribution in [-0.2, 0) is 4.79 Å². The van der Waals surface area contributed by atoms with E-state index in [0.717, 1.165) is 6.42 Å². The van der Waals surface area contributed by atoms with E-state index in [1.54, 1.807) is 0 Å². The van der Waals surface area contributed by atoms with Gasteiger partial charge in [-0.25, -0.2) is 4.98 Å². The van der Waals surface area contributed by atoms with Crippen LogP contribution in [0.5, 0.6) is 0 Å².